The van der Waals surface area contributed by atoms with Gasteiger partial charge in [0.05, 0.1) is 0 Å². The van der Waals surface area contributed by atoms with Gasteiger partial charge in [-0.3, -0.25) is 0 Å². The molecule has 1 atom stereocenters. The zero-order valence-electron chi connectivity index (χ0n) is 45.5. The number of hydrogen-bond donors (Lipinski definition) is 0. The van der Waals surface area contributed by atoms with Crippen LogP contribution in [0.3, 0.4) is 0 Å². The zero-order valence-corrected chi connectivity index (χ0v) is 45.5. The molecule has 0 saturated carbocycles. The van der Waals surface area contributed by atoms with Gasteiger partial charge in [-0.2, -0.15) is 0 Å². The van der Waals surface area contributed by atoms with Gasteiger partial charge >= 0.3 is 0 Å². The maximum absolute atomic E-state index is 4.60. The van der Waals surface area contributed by atoms with Crippen LogP contribution in [0.2, 0.25) is 0 Å². The summed E-state index contributed by atoms with van der Waals surface area (Å²) in [4.78, 5) is 0. The molecule has 0 spiro atoms. The van der Waals surface area contributed by atoms with Crippen molar-refractivity contribution in [3.63, 3.8) is 0 Å². The Morgan fingerprint density at radius 3 is 1.46 bits per heavy atom. The van der Waals surface area contributed by atoms with Crippen molar-refractivity contribution in [2.24, 2.45) is 0 Å². The highest BCUT2D eigenvalue weighted by atomic mass is 14.3. The highest BCUT2D eigenvalue weighted by molar-refractivity contribution is 5.95. The number of hydrogen-bond acceptors (Lipinski definition) is 0. The Labute approximate surface area is 435 Å². The fourth-order valence-electron chi connectivity index (χ4n) is 9.05. The first-order valence-corrected chi connectivity index (χ1v) is 25.8. The van der Waals surface area contributed by atoms with Crippen molar-refractivity contribution in [1.82, 2.24) is 0 Å². The molecule has 0 aliphatic heterocycles. The van der Waals surface area contributed by atoms with Crippen LogP contribution in [-0.4, -0.2) is 0 Å². The molecule has 1 aliphatic rings. The second-order valence-corrected chi connectivity index (χ2v) is 18.6. The van der Waals surface area contributed by atoms with E-state index in [1.54, 1.807) is 0 Å². The van der Waals surface area contributed by atoms with Gasteiger partial charge in [0.2, 0.25) is 0 Å². The lowest BCUT2D eigenvalue weighted by Gasteiger charge is -2.30. The lowest BCUT2D eigenvalue weighted by atomic mass is 9.74. The molecule has 0 fully saturated rings. The van der Waals surface area contributed by atoms with Gasteiger partial charge in [-0.05, 0) is 184 Å². The molecule has 366 valence electrons. The van der Waals surface area contributed by atoms with Crippen LogP contribution in [0.1, 0.15) is 120 Å². The first kappa shape index (κ1) is 55.4. The second-order valence-electron chi connectivity index (χ2n) is 18.6. The highest BCUT2D eigenvalue weighted by Crippen LogP contribution is 2.39. The fraction of sp³-hybridized carbons (Fsp3) is 0.194. The van der Waals surface area contributed by atoms with Crippen molar-refractivity contribution in [3.05, 3.63) is 293 Å². The van der Waals surface area contributed by atoms with Crippen LogP contribution in [0.25, 0.3) is 50.1 Å². The van der Waals surface area contributed by atoms with Crippen LogP contribution >= 0.6 is 0 Å². The smallest absolute Gasteiger partial charge is 0.0147 e. The van der Waals surface area contributed by atoms with E-state index in [1.807, 2.05) is 33.8 Å². The SMILES string of the molecule is C=C(/C(C)=C(\C)c1ccccc1)c1ccccc1C.C=C(C)C1=CC(C)(c2cccc(-c3cccc(-c4cccc(C(=C)/C=C(\C(C)=C(/C)c5ccccc5)c5ccccc5C)c4)c3)c2)CC=C1.CC.CC. The molecule has 7 aromatic carbocycles. The summed E-state index contributed by atoms with van der Waals surface area (Å²) in [6.45, 7) is 38.5. The Bertz CT molecular complexity index is 3140. The fourth-order valence-corrected chi connectivity index (χ4v) is 9.05. The number of benzene rings is 7. The Morgan fingerprint density at radius 2 is 0.917 bits per heavy atom. The Balaban J connectivity index is 0.000000349. The van der Waals surface area contributed by atoms with E-state index in [0.717, 1.165) is 28.7 Å². The summed E-state index contributed by atoms with van der Waals surface area (Å²) in [5.74, 6) is 0. The maximum Gasteiger partial charge on any atom is 0.0147 e. The minimum Gasteiger partial charge on any atom is -0.0955 e. The average molecular weight is 943 g/mol. The van der Waals surface area contributed by atoms with Gasteiger partial charge in [0.1, 0.15) is 0 Å². The van der Waals surface area contributed by atoms with Crippen LogP contribution < -0.4 is 0 Å². The molecule has 0 N–H and O–H groups in total. The molecule has 0 nitrogen and oxygen atoms in total. The molecule has 0 saturated heterocycles. The van der Waals surface area contributed by atoms with Crippen LogP contribution in [0.15, 0.2) is 248 Å². The molecule has 0 aromatic heterocycles. The van der Waals surface area contributed by atoms with Crippen LogP contribution in [-0.2, 0) is 5.41 Å². The highest BCUT2D eigenvalue weighted by Gasteiger charge is 2.26. The third kappa shape index (κ3) is 13.9. The second kappa shape index (κ2) is 26.6. The molecule has 0 bridgehead atoms. The number of allylic oxidation sites excluding steroid dienone is 13. The van der Waals surface area contributed by atoms with E-state index in [0.29, 0.717) is 0 Å². The summed E-state index contributed by atoms with van der Waals surface area (Å²) in [6.07, 6.45) is 10.1. The monoisotopic (exact) mass is 943 g/mol. The Kier molecular flexibility index (Phi) is 20.5. The van der Waals surface area contributed by atoms with E-state index in [2.05, 4.69) is 275 Å². The van der Waals surface area contributed by atoms with E-state index in [9.17, 15) is 0 Å². The van der Waals surface area contributed by atoms with Crippen molar-refractivity contribution in [2.45, 2.75) is 94.9 Å². The molecule has 0 heteroatoms. The van der Waals surface area contributed by atoms with E-state index < -0.39 is 0 Å². The normalized spacial score (nSPS) is 14.6. The summed E-state index contributed by atoms with van der Waals surface area (Å²) in [5, 5.41) is 0. The first-order valence-electron chi connectivity index (χ1n) is 25.8. The maximum atomic E-state index is 4.60. The van der Waals surface area contributed by atoms with Gasteiger partial charge in [0, 0.05) is 5.41 Å². The van der Waals surface area contributed by atoms with Crippen molar-refractivity contribution >= 4 is 27.9 Å². The molecule has 0 amide bonds. The van der Waals surface area contributed by atoms with Crippen molar-refractivity contribution in [3.8, 4) is 22.3 Å². The summed E-state index contributed by atoms with van der Waals surface area (Å²) in [7, 11) is 0. The quantitative estimate of drug-likeness (QED) is 0.107. The average Bonchev–Trinajstić information content (AvgIpc) is 3.43. The van der Waals surface area contributed by atoms with Gasteiger partial charge in [-0.25, -0.2) is 0 Å². The number of aryl methyl sites for hydroxylation is 2. The third-order valence-corrected chi connectivity index (χ3v) is 13.7. The molecule has 0 radical (unpaired) electrons. The number of rotatable bonds is 12. The Hall–Kier alpha value is -7.54. The summed E-state index contributed by atoms with van der Waals surface area (Å²) < 4.78 is 0. The topological polar surface area (TPSA) is 0 Å². The lowest BCUT2D eigenvalue weighted by molar-refractivity contribution is 0.596. The van der Waals surface area contributed by atoms with Crippen LogP contribution in [0.5, 0.6) is 0 Å². The Morgan fingerprint density at radius 1 is 0.472 bits per heavy atom. The molecule has 1 unspecified atom stereocenters. The van der Waals surface area contributed by atoms with E-state index >= 15 is 0 Å². The molecular formula is C72H78. The zero-order chi connectivity index (χ0) is 52.4. The van der Waals surface area contributed by atoms with Crippen molar-refractivity contribution in [2.75, 3.05) is 0 Å². The van der Waals surface area contributed by atoms with Gasteiger partial charge in [-0.15, -0.1) is 0 Å². The third-order valence-electron chi connectivity index (χ3n) is 13.7. The molecule has 1 aliphatic carbocycles. The molecular weight excluding hydrogens is 865 g/mol. The summed E-state index contributed by atoms with van der Waals surface area (Å²) in [6, 6.07) is 64.8. The van der Waals surface area contributed by atoms with Gasteiger partial charge < -0.3 is 0 Å². The van der Waals surface area contributed by atoms with Gasteiger partial charge in [0.25, 0.3) is 0 Å². The minimum atomic E-state index is -0.0663. The standard InChI is InChI=1S/C49H46.C19H20.2C2H6/c1-34(2)45-25-16-28-49(7,33-45)46-26-15-24-44(32-46)43-23-14-22-42(31-43)41-21-13-20-40(30-41)36(4)29-48(47-27-12-11-17-35(47)3)38(6)37(5)39-18-9-8-10-19-39;1-14-10-8-9-13-19(14)17(4)15(2)16(3)18-11-6-5-7-12-18;2*1-2/h8-27,29-33H,1,4,28H2,2-3,5-7H3;5-13H,4H2,1-3H3;2*1-2H3/b38-37+,48-29+;16-15+;;. The van der Waals surface area contributed by atoms with Gasteiger partial charge in [0.15, 0.2) is 0 Å². The van der Waals surface area contributed by atoms with Crippen molar-refractivity contribution < 1.29 is 0 Å². The van der Waals surface area contributed by atoms with E-state index in [1.165, 1.54) is 94.6 Å². The molecule has 0 heterocycles. The predicted molar refractivity (Wildman–Crippen MR) is 322 cm³/mol. The van der Waals surface area contributed by atoms with Crippen molar-refractivity contribution in [1.29, 1.82) is 0 Å². The predicted octanol–water partition coefficient (Wildman–Crippen LogP) is 21.2. The lowest BCUT2D eigenvalue weighted by Crippen LogP contribution is -2.21. The van der Waals surface area contributed by atoms with E-state index in [4.69, 9.17) is 0 Å². The molecule has 72 heavy (non-hydrogen) atoms. The van der Waals surface area contributed by atoms with Crippen LogP contribution in [0.4, 0.5) is 0 Å². The molecule has 7 aromatic rings. The summed E-state index contributed by atoms with van der Waals surface area (Å²) in [5.41, 5.74) is 25.3. The minimum absolute atomic E-state index is 0.0663. The first-order chi connectivity index (χ1) is 34.7. The van der Waals surface area contributed by atoms with Gasteiger partial charge in [-0.1, -0.05) is 248 Å². The van der Waals surface area contributed by atoms with Crippen LogP contribution in [0, 0.1) is 13.8 Å². The largest absolute Gasteiger partial charge is 0.0955 e. The summed E-state index contributed by atoms with van der Waals surface area (Å²) >= 11 is 0. The molecule has 8 rings (SSSR count). The van der Waals surface area contributed by atoms with E-state index in [-0.39, 0.29) is 5.41 Å².